The molecule has 0 aromatic rings. The Morgan fingerprint density at radius 3 is 0.906 bits per heavy atom. The first-order chi connectivity index (χ1) is 15.3. The molecule has 0 saturated carbocycles. The van der Waals surface area contributed by atoms with E-state index in [1.165, 1.54) is 141 Å². The molecule has 0 aliphatic carbocycles. The molecule has 0 saturated heterocycles. The van der Waals surface area contributed by atoms with Crippen molar-refractivity contribution in [3.63, 3.8) is 0 Å². The minimum atomic E-state index is -4.67. The Morgan fingerprint density at radius 2 is 0.688 bits per heavy atom. The maximum Gasteiger partial charge on any atom is 0.394 e. The van der Waals surface area contributed by atoms with Crippen LogP contribution in [0.4, 0.5) is 0 Å². The lowest BCUT2D eigenvalue weighted by Gasteiger charge is -2.12. The van der Waals surface area contributed by atoms with Gasteiger partial charge in [-0.15, -0.1) is 7.92 Å². The average Bonchev–Trinajstić information content (AvgIpc) is 2.74. The molecule has 0 bridgehead atoms. The summed E-state index contributed by atoms with van der Waals surface area (Å²) in [7, 11) is -4.27. The van der Waals surface area contributed by atoms with E-state index in [9.17, 15) is 0 Å². The smallest absolute Gasteiger partial charge is 0.264 e. The van der Waals surface area contributed by atoms with E-state index in [0.29, 0.717) is 7.92 Å². The van der Waals surface area contributed by atoms with Crippen LogP contribution in [-0.4, -0.2) is 36.0 Å². The van der Waals surface area contributed by atoms with E-state index in [1.807, 2.05) is 0 Å². The van der Waals surface area contributed by atoms with Crippen LogP contribution in [0.15, 0.2) is 0 Å². The summed E-state index contributed by atoms with van der Waals surface area (Å²) < 4.78 is 31.6. The van der Waals surface area contributed by atoms with Gasteiger partial charge in [0.2, 0.25) is 0 Å². The molecule has 32 heavy (non-hydrogen) atoms. The van der Waals surface area contributed by atoms with Crippen LogP contribution in [-0.2, 0) is 10.4 Å². The molecule has 0 fully saturated rings. The molecule has 4 nitrogen and oxygen atoms in total. The second-order valence-corrected chi connectivity index (χ2v) is 13.1. The molecular weight excluding hydrogens is 439 g/mol. The van der Waals surface area contributed by atoms with Crippen LogP contribution in [0.2, 0.25) is 0 Å². The van der Waals surface area contributed by atoms with Gasteiger partial charge < -0.3 is 0 Å². The van der Waals surface area contributed by atoms with E-state index in [2.05, 4.69) is 20.8 Å². The molecule has 0 rings (SSSR count). The molecule has 6 heteroatoms. The van der Waals surface area contributed by atoms with Crippen molar-refractivity contribution < 1.29 is 17.5 Å². The first-order valence-corrected chi connectivity index (χ1v) is 17.1. The van der Waals surface area contributed by atoms with Gasteiger partial charge in [0, 0.05) is 0 Å². The van der Waals surface area contributed by atoms with Crippen molar-refractivity contribution in [1.29, 1.82) is 0 Å². The summed E-state index contributed by atoms with van der Waals surface area (Å²) in [5, 5.41) is 0. The van der Waals surface area contributed by atoms with Crippen molar-refractivity contribution in [3.05, 3.63) is 0 Å². The summed E-state index contributed by atoms with van der Waals surface area (Å²) in [5.74, 6) is 0. The monoisotopic (exact) mass is 496 g/mol. The van der Waals surface area contributed by atoms with Gasteiger partial charge >= 0.3 is 10.4 Å². The summed E-state index contributed by atoms with van der Waals surface area (Å²) in [5.41, 5.74) is 0. The van der Waals surface area contributed by atoms with Gasteiger partial charge in [-0.2, -0.15) is 8.42 Å². The minimum absolute atomic E-state index is 0.398. The highest BCUT2D eigenvalue weighted by molar-refractivity contribution is 7.79. The molecule has 0 spiro atoms. The SMILES string of the molecule is CCCCCCCCCCCCCCCCCCCCCCP(CC)CC.O=S(=O)(O)O. The lowest BCUT2D eigenvalue weighted by atomic mass is 10.0. The molecule has 2 N–H and O–H groups in total. The van der Waals surface area contributed by atoms with Crippen LogP contribution in [0.25, 0.3) is 0 Å². The topological polar surface area (TPSA) is 74.6 Å². The lowest BCUT2D eigenvalue weighted by Crippen LogP contribution is -1.90. The molecule has 0 aliphatic heterocycles. The fourth-order valence-corrected chi connectivity index (χ4v) is 5.88. The van der Waals surface area contributed by atoms with Crippen molar-refractivity contribution in [2.45, 2.75) is 149 Å². The second-order valence-electron chi connectivity index (χ2n) is 9.19. The molecule has 0 unspecified atom stereocenters. The van der Waals surface area contributed by atoms with E-state index < -0.39 is 10.4 Å². The third-order valence-corrected chi connectivity index (χ3v) is 8.96. The highest BCUT2D eigenvalue weighted by atomic mass is 32.3. The fourth-order valence-electron chi connectivity index (χ4n) is 4.13. The zero-order valence-electron chi connectivity index (χ0n) is 21.8. The molecule has 0 aromatic heterocycles. The first kappa shape index (κ1) is 34.5. The van der Waals surface area contributed by atoms with Gasteiger partial charge in [-0.25, -0.2) is 0 Å². The second kappa shape index (κ2) is 27.5. The maximum atomic E-state index is 8.74. The summed E-state index contributed by atoms with van der Waals surface area (Å²) in [6.45, 7) is 7.07. The number of rotatable bonds is 23. The first-order valence-electron chi connectivity index (χ1n) is 13.8. The van der Waals surface area contributed by atoms with Crippen molar-refractivity contribution in [3.8, 4) is 0 Å². The lowest BCUT2D eigenvalue weighted by molar-refractivity contribution is 0.381. The van der Waals surface area contributed by atoms with E-state index in [4.69, 9.17) is 17.5 Å². The number of hydrogen-bond donors (Lipinski definition) is 2. The summed E-state index contributed by atoms with van der Waals surface area (Å²) in [6, 6.07) is 0. The van der Waals surface area contributed by atoms with Gasteiger partial charge in [0.25, 0.3) is 0 Å². The standard InChI is InChI=1S/C26H55P.H2O4S/c1-4-7-8-9-10-11-12-13-14-15-16-17-18-19-20-21-22-23-24-25-26-27(5-2)6-3;1-5(2,3)4/h4-26H2,1-3H3;(H2,1,2,3,4). The Hall–Kier alpha value is 0.300. The predicted octanol–water partition coefficient (Wildman–Crippen LogP) is 9.68. The van der Waals surface area contributed by atoms with Gasteiger partial charge in [-0.3, -0.25) is 9.11 Å². The van der Waals surface area contributed by atoms with E-state index in [1.54, 1.807) is 6.16 Å². The van der Waals surface area contributed by atoms with Crippen LogP contribution in [0, 0.1) is 0 Å². The molecule has 0 aliphatic rings. The Balaban J connectivity index is 0. The third-order valence-electron chi connectivity index (χ3n) is 6.22. The minimum Gasteiger partial charge on any atom is -0.264 e. The van der Waals surface area contributed by atoms with E-state index in [0.717, 1.165) is 0 Å². The molecule has 0 atom stereocenters. The maximum absolute atomic E-state index is 8.74. The molecule has 0 radical (unpaired) electrons. The summed E-state index contributed by atoms with van der Waals surface area (Å²) >= 11 is 0. The molecule has 196 valence electrons. The third kappa shape index (κ3) is 37.6. The normalized spacial score (nSPS) is 11.6. The highest BCUT2D eigenvalue weighted by Crippen LogP contribution is 2.35. The number of unbranched alkanes of at least 4 members (excludes halogenated alkanes) is 19. The van der Waals surface area contributed by atoms with Gasteiger partial charge in [0.05, 0.1) is 0 Å². The Morgan fingerprint density at radius 1 is 0.469 bits per heavy atom. The van der Waals surface area contributed by atoms with Crippen LogP contribution in [0.3, 0.4) is 0 Å². The fraction of sp³-hybridized carbons (Fsp3) is 1.00. The van der Waals surface area contributed by atoms with Crippen LogP contribution < -0.4 is 0 Å². The zero-order valence-corrected chi connectivity index (χ0v) is 23.5. The van der Waals surface area contributed by atoms with Gasteiger partial charge in [0.1, 0.15) is 0 Å². The zero-order chi connectivity index (χ0) is 24.3. The van der Waals surface area contributed by atoms with E-state index >= 15 is 0 Å². The molecular formula is C26H57O4PS. The van der Waals surface area contributed by atoms with Crippen molar-refractivity contribution in [2.24, 2.45) is 0 Å². The van der Waals surface area contributed by atoms with E-state index in [-0.39, 0.29) is 0 Å². The summed E-state index contributed by atoms with van der Waals surface area (Å²) in [6.07, 6.45) is 34.1. The van der Waals surface area contributed by atoms with Crippen molar-refractivity contribution in [2.75, 3.05) is 18.5 Å². The summed E-state index contributed by atoms with van der Waals surface area (Å²) in [4.78, 5) is 0. The number of hydrogen-bond acceptors (Lipinski definition) is 2. The van der Waals surface area contributed by atoms with Gasteiger partial charge in [-0.05, 0) is 24.9 Å². The molecule has 0 heterocycles. The van der Waals surface area contributed by atoms with Crippen LogP contribution in [0.1, 0.15) is 149 Å². The van der Waals surface area contributed by atoms with Gasteiger partial charge in [-0.1, -0.05) is 143 Å². The predicted molar refractivity (Wildman–Crippen MR) is 145 cm³/mol. The largest absolute Gasteiger partial charge is 0.394 e. The Kier molecular flexibility index (Phi) is 29.7. The van der Waals surface area contributed by atoms with Crippen LogP contribution in [0.5, 0.6) is 0 Å². The average molecular weight is 497 g/mol. The quantitative estimate of drug-likeness (QED) is 0.0838. The van der Waals surface area contributed by atoms with Crippen molar-refractivity contribution in [1.82, 2.24) is 0 Å². The van der Waals surface area contributed by atoms with Crippen LogP contribution >= 0.6 is 7.92 Å². The van der Waals surface area contributed by atoms with Gasteiger partial charge in [0.15, 0.2) is 0 Å². The Bertz CT molecular complexity index is 431. The molecule has 0 aromatic carbocycles. The molecule has 0 amide bonds. The Labute approximate surface area is 203 Å². The van der Waals surface area contributed by atoms with Crippen molar-refractivity contribution >= 4 is 18.3 Å². The highest BCUT2D eigenvalue weighted by Gasteiger charge is 2.01.